The van der Waals surface area contributed by atoms with E-state index in [0.29, 0.717) is 18.7 Å². The highest BCUT2D eigenvalue weighted by molar-refractivity contribution is 7.92. The number of hydrogen-bond acceptors (Lipinski definition) is 4. The Labute approximate surface area is 239 Å². The van der Waals surface area contributed by atoms with Crippen LogP contribution < -0.4 is 9.62 Å². The number of carbonyl (C=O) groups excluding carboxylic acids is 2. The fourth-order valence-corrected chi connectivity index (χ4v) is 5.37. The summed E-state index contributed by atoms with van der Waals surface area (Å²) in [5, 5.41) is 3.00. The molecule has 0 saturated heterocycles. The molecule has 0 aliphatic carbocycles. The number of carbonyl (C=O) groups is 2. The summed E-state index contributed by atoms with van der Waals surface area (Å²) < 4.78 is 27.0. The molecule has 3 aromatic rings. The van der Waals surface area contributed by atoms with Gasteiger partial charge in [0, 0.05) is 19.5 Å². The predicted molar refractivity (Wildman–Crippen MR) is 162 cm³/mol. The Hall–Kier alpha value is -3.65. The van der Waals surface area contributed by atoms with Crippen LogP contribution in [0.1, 0.15) is 47.6 Å². The molecule has 1 atom stereocenters. The average Bonchev–Trinajstić information content (AvgIpc) is 2.91. The number of hydrogen-bond donors (Lipinski definition) is 1. The van der Waals surface area contributed by atoms with Crippen LogP contribution in [0.2, 0.25) is 0 Å². The van der Waals surface area contributed by atoms with Gasteiger partial charge in [0.1, 0.15) is 12.6 Å². The lowest BCUT2D eigenvalue weighted by Gasteiger charge is -2.34. The van der Waals surface area contributed by atoms with E-state index in [1.165, 1.54) is 4.90 Å². The minimum atomic E-state index is -3.79. The summed E-state index contributed by atoms with van der Waals surface area (Å²) in [6.45, 7) is 8.13. The molecule has 0 aliphatic rings. The lowest BCUT2D eigenvalue weighted by molar-refractivity contribution is -0.140. The molecule has 0 bridgehead atoms. The Kier molecular flexibility index (Phi) is 10.9. The molecule has 0 heterocycles. The molecule has 0 saturated carbocycles. The number of aryl methyl sites for hydroxylation is 3. The second kappa shape index (κ2) is 14.1. The molecule has 0 radical (unpaired) electrons. The summed E-state index contributed by atoms with van der Waals surface area (Å²) in [5.41, 5.74) is 5.16. The molecule has 214 valence electrons. The quantitative estimate of drug-likeness (QED) is 0.299. The van der Waals surface area contributed by atoms with Crippen molar-refractivity contribution in [2.75, 3.05) is 23.7 Å². The maximum absolute atomic E-state index is 14.1. The monoisotopic (exact) mass is 563 g/mol. The lowest BCUT2D eigenvalue weighted by atomic mass is 10.0. The lowest BCUT2D eigenvalue weighted by Crippen LogP contribution is -2.53. The Morgan fingerprint density at radius 1 is 0.875 bits per heavy atom. The van der Waals surface area contributed by atoms with Gasteiger partial charge in [0.2, 0.25) is 21.8 Å². The first kappa shape index (κ1) is 30.9. The second-order valence-corrected chi connectivity index (χ2v) is 12.2. The highest BCUT2D eigenvalue weighted by Crippen LogP contribution is 2.23. The van der Waals surface area contributed by atoms with Gasteiger partial charge in [-0.25, -0.2) is 8.42 Å². The number of anilines is 1. The van der Waals surface area contributed by atoms with E-state index in [1.807, 2.05) is 88.4 Å². The van der Waals surface area contributed by atoms with Gasteiger partial charge in [-0.2, -0.15) is 0 Å². The standard InChI is InChI=1S/C32H41N3O4S/c1-6-7-19-33-32(37)30(21-27-14-9-8-10-15-27)34(22-28-16-12-11-13-25(28)3)31(36)23-35(40(5,38)39)29-18-17-24(2)26(4)20-29/h8-18,20,30H,6-7,19,21-23H2,1-5H3,(H,33,37)/t30-/m0/s1. The van der Waals surface area contributed by atoms with E-state index in [2.05, 4.69) is 5.32 Å². The summed E-state index contributed by atoms with van der Waals surface area (Å²) in [6, 6.07) is 21.8. The maximum atomic E-state index is 14.1. The molecule has 0 unspecified atom stereocenters. The summed E-state index contributed by atoms with van der Waals surface area (Å²) in [4.78, 5) is 29.3. The highest BCUT2D eigenvalue weighted by atomic mass is 32.2. The van der Waals surface area contributed by atoms with Crippen molar-refractivity contribution >= 4 is 27.5 Å². The Morgan fingerprint density at radius 3 is 2.17 bits per heavy atom. The predicted octanol–water partition coefficient (Wildman–Crippen LogP) is 4.93. The van der Waals surface area contributed by atoms with E-state index in [4.69, 9.17) is 0 Å². The van der Waals surface area contributed by atoms with Gasteiger partial charge in [-0.1, -0.05) is 74.0 Å². The third-order valence-corrected chi connectivity index (χ3v) is 8.30. The average molecular weight is 564 g/mol. The van der Waals surface area contributed by atoms with Crippen LogP contribution in [-0.4, -0.2) is 50.5 Å². The number of rotatable bonds is 13. The van der Waals surface area contributed by atoms with Crippen molar-refractivity contribution in [1.82, 2.24) is 10.2 Å². The fourth-order valence-electron chi connectivity index (χ4n) is 4.53. The van der Waals surface area contributed by atoms with E-state index in [9.17, 15) is 18.0 Å². The van der Waals surface area contributed by atoms with Gasteiger partial charge < -0.3 is 10.2 Å². The smallest absolute Gasteiger partial charge is 0.244 e. The van der Waals surface area contributed by atoms with Gasteiger partial charge >= 0.3 is 0 Å². The van der Waals surface area contributed by atoms with Crippen LogP contribution in [0.25, 0.3) is 0 Å². The number of nitrogens with zero attached hydrogens (tertiary/aromatic N) is 2. The number of benzene rings is 3. The van der Waals surface area contributed by atoms with E-state index < -0.39 is 28.5 Å². The second-order valence-electron chi connectivity index (χ2n) is 10.3. The summed E-state index contributed by atoms with van der Waals surface area (Å²) >= 11 is 0. The van der Waals surface area contributed by atoms with Crippen molar-refractivity contribution in [1.29, 1.82) is 0 Å². The normalized spacial score (nSPS) is 12.0. The van der Waals surface area contributed by atoms with Crippen molar-refractivity contribution in [3.05, 3.63) is 101 Å². The van der Waals surface area contributed by atoms with Gasteiger partial charge in [0.15, 0.2) is 0 Å². The SMILES string of the molecule is CCCCNC(=O)[C@H](Cc1ccccc1)N(Cc1ccccc1C)C(=O)CN(c1ccc(C)c(C)c1)S(C)(=O)=O. The van der Waals surface area contributed by atoms with Crippen LogP contribution in [0.4, 0.5) is 5.69 Å². The zero-order valence-corrected chi connectivity index (χ0v) is 25.0. The molecule has 40 heavy (non-hydrogen) atoms. The van der Waals surface area contributed by atoms with Crippen LogP contribution in [-0.2, 0) is 32.6 Å². The molecule has 2 amide bonds. The summed E-state index contributed by atoms with van der Waals surface area (Å²) in [7, 11) is -3.79. The molecular formula is C32H41N3O4S. The van der Waals surface area contributed by atoms with Gasteiger partial charge in [-0.05, 0) is 67.1 Å². The molecule has 1 N–H and O–H groups in total. The van der Waals surface area contributed by atoms with Crippen LogP contribution >= 0.6 is 0 Å². The third-order valence-electron chi connectivity index (χ3n) is 7.16. The molecule has 0 spiro atoms. The molecule has 0 aliphatic heterocycles. The largest absolute Gasteiger partial charge is 0.354 e. The first-order valence-electron chi connectivity index (χ1n) is 13.7. The number of nitrogens with one attached hydrogen (secondary N) is 1. The van der Waals surface area contributed by atoms with E-state index in [1.54, 1.807) is 12.1 Å². The van der Waals surface area contributed by atoms with Crippen LogP contribution in [0.15, 0.2) is 72.8 Å². The number of amides is 2. The van der Waals surface area contributed by atoms with E-state index >= 15 is 0 Å². The summed E-state index contributed by atoms with van der Waals surface area (Å²) in [6.07, 6.45) is 3.15. The zero-order chi connectivity index (χ0) is 29.3. The van der Waals surface area contributed by atoms with Crippen LogP contribution in [0, 0.1) is 20.8 Å². The maximum Gasteiger partial charge on any atom is 0.244 e. The van der Waals surface area contributed by atoms with Gasteiger partial charge in [0.25, 0.3) is 0 Å². The van der Waals surface area contributed by atoms with Gasteiger partial charge in [-0.15, -0.1) is 0 Å². The molecule has 3 rings (SSSR count). The van der Waals surface area contributed by atoms with Gasteiger partial charge in [-0.3, -0.25) is 13.9 Å². The Morgan fingerprint density at radius 2 is 1.55 bits per heavy atom. The molecule has 0 fully saturated rings. The van der Waals surface area contributed by atoms with Gasteiger partial charge in [0.05, 0.1) is 11.9 Å². The minimum absolute atomic E-state index is 0.175. The molecule has 3 aromatic carbocycles. The summed E-state index contributed by atoms with van der Waals surface area (Å²) in [5.74, 6) is -0.699. The Bertz CT molecular complexity index is 1410. The van der Waals surface area contributed by atoms with Crippen LogP contribution in [0.3, 0.4) is 0 Å². The van der Waals surface area contributed by atoms with Crippen molar-refractivity contribution < 1.29 is 18.0 Å². The first-order valence-corrected chi connectivity index (χ1v) is 15.6. The fraction of sp³-hybridized carbons (Fsp3) is 0.375. The zero-order valence-electron chi connectivity index (χ0n) is 24.2. The molecule has 7 nitrogen and oxygen atoms in total. The Balaban J connectivity index is 2.05. The van der Waals surface area contributed by atoms with Crippen LogP contribution in [0.5, 0.6) is 0 Å². The van der Waals surface area contributed by atoms with E-state index in [0.717, 1.165) is 51.2 Å². The van der Waals surface area contributed by atoms with Crippen molar-refractivity contribution in [3.8, 4) is 0 Å². The molecular weight excluding hydrogens is 522 g/mol. The number of sulfonamides is 1. The molecule has 8 heteroatoms. The highest BCUT2D eigenvalue weighted by Gasteiger charge is 2.33. The number of unbranched alkanes of at least 4 members (excludes halogenated alkanes) is 1. The van der Waals surface area contributed by atoms with Crippen molar-refractivity contribution in [3.63, 3.8) is 0 Å². The van der Waals surface area contributed by atoms with E-state index in [-0.39, 0.29) is 12.5 Å². The first-order chi connectivity index (χ1) is 19.0. The molecule has 0 aromatic heterocycles. The van der Waals surface area contributed by atoms with Crippen molar-refractivity contribution in [2.24, 2.45) is 0 Å². The minimum Gasteiger partial charge on any atom is -0.354 e. The van der Waals surface area contributed by atoms with Crippen molar-refractivity contribution in [2.45, 2.75) is 59.5 Å². The topological polar surface area (TPSA) is 86.8 Å². The third kappa shape index (κ3) is 8.42.